The highest BCUT2D eigenvalue weighted by Gasteiger charge is 2.25. The summed E-state index contributed by atoms with van der Waals surface area (Å²) in [5, 5.41) is 8.13. The summed E-state index contributed by atoms with van der Waals surface area (Å²) in [5.74, 6) is 1.58. The summed E-state index contributed by atoms with van der Waals surface area (Å²) in [6.07, 6.45) is 4.18. The molecule has 2 amide bonds. The number of aryl methyl sites for hydroxylation is 2. The van der Waals surface area contributed by atoms with Crippen molar-refractivity contribution in [1.29, 1.82) is 0 Å². The zero-order valence-corrected chi connectivity index (χ0v) is 22.8. The third-order valence-corrected chi connectivity index (χ3v) is 5.74. The molecule has 0 spiro atoms. The lowest BCUT2D eigenvalue weighted by Gasteiger charge is -2.31. The molecule has 0 radical (unpaired) electrons. The number of hydrogen-bond donors (Lipinski definition) is 0. The first-order chi connectivity index (χ1) is 16.3. The lowest BCUT2D eigenvalue weighted by Crippen LogP contribution is -2.41. The van der Waals surface area contributed by atoms with Crippen molar-refractivity contribution >= 4 is 18.2 Å². The van der Waals surface area contributed by atoms with Crippen molar-refractivity contribution in [3.63, 3.8) is 0 Å². The third kappa shape index (κ3) is 8.23. The van der Waals surface area contributed by atoms with Crippen molar-refractivity contribution in [3.8, 4) is 0 Å². The van der Waals surface area contributed by atoms with Crippen LogP contribution >= 0.6 is 0 Å². The van der Waals surface area contributed by atoms with Crippen LogP contribution in [0.2, 0.25) is 0 Å². The van der Waals surface area contributed by atoms with Crippen LogP contribution in [0.25, 0.3) is 6.20 Å². The van der Waals surface area contributed by atoms with Gasteiger partial charge in [-0.3, -0.25) is 9.36 Å². The fourth-order valence-corrected chi connectivity index (χ4v) is 3.89. The van der Waals surface area contributed by atoms with Gasteiger partial charge in [-0.2, -0.15) is 0 Å². The van der Waals surface area contributed by atoms with Gasteiger partial charge in [-0.15, -0.1) is 10.2 Å². The van der Waals surface area contributed by atoms with Gasteiger partial charge in [0.05, 0.1) is 0 Å². The Morgan fingerprint density at radius 3 is 2.17 bits per heavy atom. The lowest BCUT2D eigenvalue weighted by molar-refractivity contribution is 0.0214. The topological polar surface area (TPSA) is 80.6 Å². The summed E-state index contributed by atoms with van der Waals surface area (Å²) in [7, 11) is 3.59. The summed E-state index contributed by atoms with van der Waals surface area (Å²) in [6, 6.07) is 7.69. The van der Waals surface area contributed by atoms with E-state index in [1.54, 1.807) is 23.9 Å². The minimum atomic E-state index is -0.531. The molecule has 2 rings (SSSR count). The van der Waals surface area contributed by atoms with Crippen molar-refractivity contribution in [2.75, 3.05) is 20.6 Å². The zero-order valence-electron chi connectivity index (χ0n) is 22.8. The van der Waals surface area contributed by atoms with Gasteiger partial charge in [0.15, 0.2) is 0 Å². The molecule has 0 aliphatic heterocycles. The molecule has 1 aromatic heterocycles. The van der Waals surface area contributed by atoms with Gasteiger partial charge in [0.25, 0.3) is 5.91 Å². The van der Waals surface area contributed by atoms with Gasteiger partial charge in [0.1, 0.15) is 17.2 Å². The van der Waals surface area contributed by atoms with E-state index in [2.05, 4.69) is 17.1 Å². The Balaban J connectivity index is 2.05. The molecule has 0 bridgehead atoms. The number of rotatable bonds is 9. The van der Waals surface area contributed by atoms with Gasteiger partial charge in [0, 0.05) is 38.4 Å². The third-order valence-electron chi connectivity index (χ3n) is 5.74. The van der Waals surface area contributed by atoms with E-state index in [-0.39, 0.29) is 18.0 Å². The van der Waals surface area contributed by atoms with Crippen LogP contribution in [0.5, 0.6) is 0 Å². The first-order valence-corrected chi connectivity index (χ1v) is 12.2. The van der Waals surface area contributed by atoms with E-state index in [4.69, 9.17) is 4.74 Å². The molecule has 0 saturated carbocycles. The van der Waals surface area contributed by atoms with E-state index in [1.165, 1.54) is 0 Å². The number of ether oxygens (including phenoxy) is 1. The van der Waals surface area contributed by atoms with Crippen LogP contribution in [0.4, 0.5) is 4.79 Å². The number of carbonyl (C=O) groups excluding carboxylic acids is 2. The van der Waals surface area contributed by atoms with Crippen molar-refractivity contribution in [2.45, 2.75) is 79.4 Å². The fraction of sp³-hybridized carbons (Fsp3) is 0.556. The van der Waals surface area contributed by atoms with Crippen LogP contribution in [-0.4, -0.2) is 68.8 Å². The number of amides is 2. The maximum Gasteiger partial charge on any atom is 0.410 e. The van der Waals surface area contributed by atoms with Crippen LogP contribution in [-0.2, 0) is 11.2 Å². The highest BCUT2D eigenvalue weighted by Crippen LogP contribution is 2.18. The molecular weight excluding hydrogens is 442 g/mol. The van der Waals surface area contributed by atoms with E-state index in [0.29, 0.717) is 18.5 Å². The Labute approximate surface area is 210 Å². The molecule has 1 atom stereocenters. The van der Waals surface area contributed by atoms with Gasteiger partial charge >= 0.3 is 6.09 Å². The van der Waals surface area contributed by atoms with Crippen LogP contribution in [0.3, 0.4) is 0 Å². The molecule has 0 saturated heterocycles. The molecule has 1 heterocycles. The number of likely N-dealkylation sites (N-methyl/N-ethyl adjacent to an activating group) is 2. The summed E-state index contributed by atoms with van der Waals surface area (Å²) >= 11 is 0. The summed E-state index contributed by atoms with van der Waals surface area (Å²) in [6.45, 7) is 14.0. The normalized spacial score (nSPS) is 12.9. The van der Waals surface area contributed by atoms with E-state index < -0.39 is 5.60 Å². The number of carbonyl (C=O) groups is 2. The first kappa shape index (κ1) is 28.1. The van der Waals surface area contributed by atoms with Gasteiger partial charge in [-0.1, -0.05) is 25.5 Å². The van der Waals surface area contributed by atoms with Crippen molar-refractivity contribution in [3.05, 3.63) is 52.6 Å². The molecule has 1 aromatic carbocycles. The number of aromatic nitrogens is 3. The average Bonchev–Trinajstić information content (AvgIpc) is 3.09. The average molecular weight is 484 g/mol. The van der Waals surface area contributed by atoms with Gasteiger partial charge < -0.3 is 14.5 Å². The second-order valence-electron chi connectivity index (χ2n) is 10.2. The SMILES string of the molecule is CCC[C@@H](Cc1ccc(C(=O)N(C)C/C(C)=C/n2c(C)nnc2C)cc1)N(C)C(=O)OC(C)(C)C. The highest BCUT2D eigenvalue weighted by molar-refractivity contribution is 5.94. The number of hydrogen-bond acceptors (Lipinski definition) is 5. The Morgan fingerprint density at radius 1 is 1.09 bits per heavy atom. The molecule has 2 aromatic rings. The monoisotopic (exact) mass is 483 g/mol. The predicted octanol–water partition coefficient (Wildman–Crippen LogP) is 5.11. The molecule has 8 nitrogen and oxygen atoms in total. The lowest BCUT2D eigenvalue weighted by atomic mass is 10.00. The molecular formula is C27H41N5O3. The largest absolute Gasteiger partial charge is 0.444 e. The van der Waals surface area contributed by atoms with E-state index in [0.717, 1.165) is 35.6 Å². The van der Waals surface area contributed by atoms with E-state index in [1.807, 2.05) is 76.6 Å². The first-order valence-electron chi connectivity index (χ1n) is 12.2. The molecule has 0 fully saturated rings. The highest BCUT2D eigenvalue weighted by atomic mass is 16.6. The van der Waals surface area contributed by atoms with Crippen LogP contribution in [0, 0.1) is 13.8 Å². The smallest absolute Gasteiger partial charge is 0.410 e. The minimum absolute atomic E-state index is 0.0245. The van der Waals surface area contributed by atoms with E-state index in [9.17, 15) is 9.59 Å². The molecule has 8 heteroatoms. The Morgan fingerprint density at radius 2 is 1.66 bits per heavy atom. The number of benzene rings is 1. The van der Waals surface area contributed by atoms with Gasteiger partial charge in [-0.05, 0) is 77.7 Å². The standard InChI is InChI=1S/C27H41N5O3/c1-10-11-24(31(9)26(34)35-27(5,6)7)16-22-12-14-23(15-13-22)25(33)30(8)17-19(2)18-32-20(3)28-29-21(32)4/h12-15,18,24H,10-11,16-17H2,1-9H3/b19-18+/t24-/m0/s1. The van der Waals surface area contributed by atoms with Crippen molar-refractivity contribution in [1.82, 2.24) is 24.6 Å². The second-order valence-corrected chi connectivity index (χ2v) is 10.2. The summed E-state index contributed by atoms with van der Waals surface area (Å²) in [4.78, 5) is 28.9. The molecule has 0 unspecified atom stereocenters. The quantitative estimate of drug-likeness (QED) is 0.495. The molecule has 0 N–H and O–H groups in total. The molecule has 192 valence electrons. The van der Waals surface area contributed by atoms with Crippen molar-refractivity contribution < 1.29 is 14.3 Å². The Kier molecular flexibility index (Phi) is 9.63. The maximum absolute atomic E-state index is 13.0. The van der Waals surface area contributed by atoms with Gasteiger partial charge in [-0.25, -0.2) is 4.79 Å². The van der Waals surface area contributed by atoms with Gasteiger partial charge in [0.2, 0.25) is 0 Å². The summed E-state index contributed by atoms with van der Waals surface area (Å²) < 4.78 is 7.46. The van der Waals surface area contributed by atoms with Crippen LogP contribution in [0.15, 0.2) is 29.8 Å². The minimum Gasteiger partial charge on any atom is -0.444 e. The maximum atomic E-state index is 13.0. The fourth-order valence-electron chi connectivity index (χ4n) is 3.89. The van der Waals surface area contributed by atoms with Crippen LogP contribution in [0.1, 0.15) is 75.0 Å². The van der Waals surface area contributed by atoms with E-state index >= 15 is 0 Å². The van der Waals surface area contributed by atoms with Crippen LogP contribution < -0.4 is 0 Å². The Hall–Kier alpha value is -3.16. The van der Waals surface area contributed by atoms with Crippen molar-refractivity contribution in [2.24, 2.45) is 0 Å². The second kappa shape index (κ2) is 12.0. The predicted molar refractivity (Wildman–Crippen MR) is 139 cm³/mol. The molecule has 35 heavy (non-hydrogen) atoms. The molecule has 0 aliphatic rings. The zero-order chi connectivity index (χ0) is 26.3. The summed E-state index contributed by atoms with van der Waals surface area (Å²) in [5.41, 5.74) is 2.20. The molecule has 0 aliphatic carbocycles. The number of nitrogens with zero attached hydrogens (tertiary/aromatic N) is 5. The Bertz CT molecular complexity index is 1010.